The summed E-state index contributed by atoms with van der Waals surface area (Å²) < 4.78 is 24.1. The molecule has 0 amide bonds. The number of para-hydroxylation sites is 1. The number of aryl methyl sites for hydroxylation is 1. The van der Waals surface area contributed by atoms with Crippen LogP contribution in [-0.2, 0) is 12.3 Å². The minimum atomic E-state index is -0.0125. The fourth-order valence-electron chi connectivity index (χ4n) is 3.79. The molecule has 2 aromatic heterocycles. The number of rotatable bonds is 10. The lowest BCUT2D eigenvalue weighted by molar-refractivity contribution is 0.324. The monoisotopic (exact) mass is 495 g/mol. The molecule has 0 aliphatic heterocycles. The fraction of sp³-hybridized carbons (Fsp3) is 0.346. The topological polar surface area (TPSA) is 88.6 Å². The summed E-state index contributed by atoms with van der Waals surface area (Å²) in [5.74, 6) is 3.21. The predicted molar refractivity (Wildman–Crippen MR) is 137 cm³/mol. The zero-order valence-electron chi connectivity index (χ0n) is 20.6. The molecule has 0 spiro atoms. The molecule has 0 bridgehead atoms. The predicted octanol–water partition coefficient (Wildman–Crippen LogP) is 5.48. The number of ether oxygens (including phenoxy) is 3. The zero-order valence-corrected chi connectivity index (χ0v) is 21.4. The Balaban J connectivity index is 1.65. The smallest absolute Gasteiger partial charge is 0.262 e. The number of oxazole rings is 1. The number of unbranched alkanes of at least 4 members (excludes halogenated alkanes) is 1. The number of thioether (sulfide) groups is 1. The summed E-state index contributed by atoms with van der Waals surface area (Å²) in [4.78, 5) is 22.6. The van der Waals surface area contributed by atoms with E-state index in [1.165, 1.54) is 11.8 Å². The van der Waals surface area contributed by atoms with Crippen molar-refractivity contribution in [3.05, 3.63) is 58.2 Å². The minimum absolute atomic E-state index is 0.0125. The fourth-order valence-corrected chi connectivity index (χ4v) is 4.82. The molecule has 2 aromatic carbocycles. The first-order chi connectivity index (χ1) is 17.0. The summed E-state index contributed by atoms with van der Waals surface area (Å²) >= 11 is 1.48. The molecule has 4 aromatic rings. The number of hydrogen-bond donors (Lipinski definition) is 0. The van der Waals surface area contributed by atoms with Crippen LogP contribution in [0.2, 0.25) is 0 Å². The Morgan fingerprint density at radius 3 is 2.40 bits per heavy atom. The van der Waals surface area contributed by atoms with Gasteiger partial charge in [-0.15, -0.1) is 0 Å². The van der Waals surface area contributed by atoms with E-state index in [2.05, 4.69) is 6.92 Å². The van der Waals surface area contributed by atoms with Crippen molar-refractivity contribution in [3.63, 3.8) is 0 Å². The SMILES string of the molecule is CCCCn1c(SCc2nc(-c3cc(OC)c(OC)c(OC)c3)oc2C)nc2ccccc2c1=O. The van der Waals surface area contributed by atoms with E-state index >= 15 is 0 Å². The summed E-state index contributed by atoms with van der Waals surface area (Å²) in [5, 5.41) is 1.31. The van der Waals surface area contributed by atoms with Crippen molar-refractivity contribution in [1.29, 1.82) is 0 Å². The van der Waals surface area contributed by atoms with Gasteiger partial charge in [-0.3, -0.25) is 9.36 Å². The molecule has 0 aliphatic carbocycles. The van der Waals surface area contributed by atoms with Gasteiger partial charge in [-0.05, 0) is 37.6 Å². The standard InChI is InChI=1S/C26H29N3O5S/c1-6-7-12-29-25(30)18-10-8-9-11-19(18)28-26(29)35-15-20-16(2)34-24(27-20)17-13-21(31-3)23(33-5)22(14-17)32-4/h8-11,13-14H,6-7,12,15H2,1-5H3. The van der Waals surface area contributed by atoms with Crippen molar-refractivity contribution in [2.75, 3.05) is 21.3 Å². The maximum Gasteiger partial charge on any atom is 0.262 e. The zero-order chi connectivity index (χ0) is 24.9. The van der Waals surface area contributed by atoms with E-state index in [0.29, 0.717) is 62.8 Å². The van der Waals surface area contributed by atoms with Crippen molar-refractivity contribution in [2.45, 2.75) is 44.1 Å². The number of methoxy groups -OCH3 is 3. The third-order valence-corrected chi connectivity index (χ3v) is 6.69. The molecule has 0 radical (unpaired) electrons. The number of benzene rings is 2. The summed E-state index contributed by atoms with van der Waals surface area (Å²) in [5.41, 5.74) is 2.18. The van der Waals surface area contributed by atoms with Crippen LogP contribution in [0, 0.1) is 6.92 Å². The largest absolute Gasteiger partial charge is 0.493 e. The summed E-state index contributed by atoms with van der Waals surface area (Å²) in [7, 11) is 4.70. The van der Waals surface area contributed by atoms with Gasteiger partial charge in [0.25, 0.3) is 5.56 Å². The van der Waals surface area contributed by atoms with E-state index in [4.69, 9.17) is 28.6 Å². The highest BCUT2D eigenvalue weighted by molar-refractivity contribution is 7.98. The van der Waals surface area contributed by atoms with Gasteiger partial charge < -0.3 is 18.6 Å². The molecule has 0 saturated carbocycles. The minimum Gasteiger partial charge on any atom is -0.493 e. The molecule has 35 heavy (non-hydrogen) atoms. The van der Waals surface area contributed by atoms with Crippen LogP contribution < -0.4 is 19.8 Å². The van der Waals surface area contributed by atoms with Crippen LogP contribution in [0.5, 0.6) is 17.2 Å². The molecule has 8 nitrogen and oxygen atoms in total. The highest BCUT2D eigenvalue weighted by atomic mass is 32.2. The summed E-state index contributed by atoms with van der Waals surface area (Å²) in [6, 6.07) is 11.1. The van der Waals surface area contributed by atoms with Crippen LogP contribution in [-0.4, -0.2) is 35.9 Å². The second-order valence-corrected chi connectivity index (χ2v) is 8.89. The maximum absolute atomic E-state index is 13.1. The maximum atomic E-state index is 13.1. The Kier molecular flexibility index (Phi) is 7.65. The Bertz CT molecular complexity index is 1370. The van der Waals surface area contributed by atoms with Crippen LogP contribution in [0.3, 0.4) is 0 Å². The van der Waals surface area contributed by atoms with E-state index in [1.54, 1.807) is 38.0 Å². The van der Waals surface area contributed by atoms with Crippen molar-refractivity contribution >= 4 is 22.7 Å². The molecule has 9 heteroatoms. The van der Waals surface area contributed by atoms with Crippen LogP contribution in [0.25, 0.3) is 22.4 Å². The van der Waals surface area contributed by atoms with Gasteiger partial charge in [0.15, 0.2) is 16.7 Å². The van der Waals surface area contributed by atoms with E-state index in [0.717, 1.165) is 18.5 Å². The Hall–Kier alpha value is -3.46. The highest BCUT2D eigenvalue weighted by Crippen LogP contribution is 2.41. The van der Waals surface area contributed by atoms with Crippen LogP contribution >= 0.6 is 11.8 Å². The van der Waals surface area contributed by atoms with Crippen molar-refractivity contribution in [1.82, 2.24) is 14.5 Å². The third-order valence-electron chi connectivity index (χ3n) is 5.70. The van der Waals surface area contributed by atoms with Gasteiger partial charge in [0.05, 0.1) is 37.9 Å². The van der Waals surface area contributed by atoms with E-state index in [-0.39, 0.29) is 5.56 Å². The first-order valence-electron chi connectivity index (χ1n) is 11.4. The number of aromatic nitrogens is 3. The van der Waals surface area contributed by atoms with E-state index in [9.17, 15) is 4.79 Å². The van der Waals surface area contributed by atoms with Gasteiger partial charge in [0.1, 0.15) is 5.76 Å². The van der Waals surface area contributed by atoms with Crippen molar-refractivity contribution in [2.24, 2.45) is 0 Å². The van der Waals surface area contributed by atoms with Crippen LogP contribution in [0.1, 0.15) is 31.2 Å². The van der Waals surface area contributed by atoms with E-state index in [1.807, 2.05) is 31.2 Å². The molecule has 4 rings (SSSR count). The third kappa shape index (κ3) is 5.00. The molecule has 0 aliphatic rings. The van der Waals surface area contributed by atoms with Gasteiger partial charge in [0.2, 0.25) is 11.6 Å². The molecule has 184 valence electrons. The first kappa shape index (κ1) is 24.7. The van der Waals surface area contributed by atoms with Gasteiger partial charge in [-0.2, -0.15) is 0 Å². The average Bonchev–Trinajstić information content (AvgIpc) is 3.26. The number of nitrogens with zero attached hydrogens (tertiary/aromatic N) is 3. The van der Waals surface area contributed by atoms with Gasteiger partial charge in [-0.1, -0.05) is 37.2 Å². The highest BCUT2D eigenvalue weighted by Gasteiger charge is 2.19. The normalized spacial score (nSPS) is 11.1. The lowest BCUT2D eigenvalue weighted by atomic mass is 10.2. The molecule has 0 saturated heterocycles. The Labute approximate surface area is 208 Å². The quantitative estimate of drug-likeness (QED) is 0.211. The van der Waals surface area contributed by atoms with Crippen LogP contribution in [0.15, 0.2) is 50.8 Å². The first-order valence-corrected chi connectivity index (χ1v) is 12.4. The second kappa shape index (κ2) is 10.9. The molecule has 0 unspecified atom stereocenters. The van der Waals surface area contributed by atoms with E-state index < -0.39 is 0 Å². The van der Waals surface area contributed by atoms with Gasteiger partial charge in [0, 0.05) is 17.9 Å². The number of fused-ring (bicyclic) bond motifs is 1. The molecule has 0 fully saturated rings. The Morgan fingerprint density at radius 1 is 1.03 bits per heavy atom. The lowest BCUT2D eigenvalue weighted by Crippen LogP contribution is -2.23. The molecular formula is C26H29N3O5S. The average molecular weight is 496 g/mol. The molecule has 2 heterocycles. The van der Waals surface area contributed by atoms with Crippen molar-refractivity contribution < 1.29 is 18.6 Å². The summed E-state index contributed by atoms with van der Waals surface area (Å²) in [6.07, 6.45) is 1.89. The molecule has 0 atom stereocenters. The Morgan fingerprint density at radius 2 is 1.74 bits per heavy atom. The number of hydrogen-bond acceptors (Lipinski definition) is 8. The van der Waals surface area contributed by atoms with Crippen LogP contribution in [0.4, 0.5) is 0 Å². The second-order valence-electron chi connectivity index (χ2n) is 7.95. The van der Waals surface area contributed by atoms with Gasteiger partial charge in [-0.25, -0.2) is 9.97 Å². The van der Waals surface area contributed by atoms with Gasteiger partial charge >= 0.3 is 0 Å². The van der Waals surface area contributed by atoms with Crippen molar-refractivity contribution in [3.8, 4) is 28.7 Å². The lowest BCUT2D eigenvalue weighted by Gasteiger charge is -2.13. The molecule has 0 N–H and O–H groups in total. The summed E-state index contributed by atoms with van der Waals surface area (Å²) in [6.45, 7) is 4.61. The molecular weight excluding hydrogens is 466 g/mol.